The summed E-state index contributed by atoms with van der Waals surface area (Å²) in [6.07, 6.45) is 5.39. The molecule has 22 nitrogen and oxygen atoms in total. The van der Waals surface area contributed by atoms with E-state index in [0.717, 1.165) is 34.0 Å². The number of hydroxylamine groups is 2. The lowest BCUT2D eigenvalue weighted by molar-refractivity contribution is -0.870. The van der Waals surface area contributed by atoms with Crippen LogP contribution in [0.25, 0.3) is 6.08 Å². The molecule has 2 atom stereocenters. The number of aryl methyl sites for hydroxylation is 2. The highest BCUT2D eigenvalue weighted by Crippen LogP contribution is 2.40. The van der Waals surface area contributed by atoms with Crippen LogP contribution < -0.4 is 10.6 Å². The average Bonchev–Trinajstić information content (AvgIpc) is 4.12. The van der Waals surface area contributed by atoms with Crippen molar-refractivity contribution < 1.29 is 86.4 Å². The lowest BCUT2D eigenvalue weighted by Crippen LogP contribution is -2.51. The molecule has 4 N–H and O–H groups in total. The van der Waals surface area contributed by atoms with E-state index in [9.17, 15) is 59.5 Å². The fourth-order valence-corrected chi connectivity index (χ4v) is 11.3. The Balaban J connectivity index is 1.21. The van der Waals surface area contributed by atoms with Crippen LogP contribution in [-0.4, -0.2) is 207 Å². The minimum absolute atomic E-state index is 0.0124. The number of ketones is 2. The molecule has 0 bridgehead atoms. The first kappa shape index (κ1) is 65.0. The molecule has 3 aliphatic heterocycles. The van der Waals surface area contributed by atoms with Crippen LogP contribution in [0.15, 0.2) is 53.7 Å². The number of quaternary nitrogens is 2. The molecule has 0 aliphatic carbocycles. The van der Waals surface area contributed by atoms with Gasteiger partial charge in [-0.2, -0.15) is 16.8 Å². The monoisotopic (exact) mass is 1160 g/mol. The van der Waals surface area contributed by atoms with E-state index in [1.165, 1.54) is 0 Å². The predicted molar refractivity (Wildman–Crippen MR) is 295 cm³/mol. The zero-order valence-corrected chi connectivity index (χ0v) is 48.6. The third-order valence-electron chi connectivity index (χ3n) is 13.9. The van der Waals surface area contributed by atoms with Gasteiger partial charge in [0.15, 0.2) is 23.0 Å². The first-order chi connectivity index (χ1) is 37.2. The summed E-state index contributed by atoms with van der Waals surface area (Å²) in [5.41, 5.74) is 3.20. The van der Waals surface area contributed by atoms with Crippen LogP contribution in [0.2, 0.25) is 0 Å². The number of amides is 4. The lowest BCUT2D eigenvalue weighted by atomic mass is 9.88. The Morgan fingerprint density at radius 1 is 0.713 bits per heavy atom. The molecule has 1 fully saturated rings. The van der Waals surface area contributed by atoms with Gasteiger partial charge in [-0.05, 0) is 88.1 Å². The largest absolute Gasteiger partial charge is 0.737 e. The molecular formula is C53H79BF2N8O14S2+2. The molecule has 0 saturated carbocycles. The summed E-state index contributed by atoms with van der Waals surface area (Å²) >= 11 is 0. The number of fused-ring (bicyclic) bond motifs is 2. The summed E-state index contributed by atoms with van der Waals surface area (Å²) in [5.74, 6) is -8.05. The van der Waals surface area contributed by atoms with Crippen LogP contribution in [0.4, 0.5) is 8.63 Å². The average molecular weight is 1170 g/mol. The van der Waals surface area contributed by atoms with Crippen LogP contribution >= 0.6 is 0 Å². The van der Waals surface area contributed by atoms with Gasteiger partial charge in [-0.1, -0.05) is 24.6 Å². The molecule has 27 heteroatoms. The summed E-state index contributed by atoms with van der Waals surface area (Å²) in [7, 11) is 4.31. The molecule has 0 spiro atoms. The van der Waals surface area contributed by atoms with Crippen molar-refractivity contribution in [2.24, 2.45) is 0 Å². The van der Waals surface area contributed by atoms with E-state index in [1.807, 2.05) is 32.1 Å². The summed E-state index contributed by atoms with van der Waals surface area (Å²) < 4.78 is 106. The minimum Gasteiger partial charge on any atom is -0.394 e. The van der Waals surface area contributed by atoms with Gasteiger partial charge >= 0.3 is 12.9 Å². The molecule has 80 heavy (non-hydrogen) atoms. The van der Waals surface area contributed by atoms with Crippen molar-refractivity contribution in [1.29, 1.82) is 0 Å². The van der Waals surface area contributed by atoms with Crippen molar-refractivity contribution in [1.82, 2.24) is 25.1 Å². The number of allylic oxidation sites excluding steroid dienone is 2. The molecular weight excluding hydrogens is 1090 g/mol. The summed E-state index contributed by atoms with van der Waals surface area (Å²) in [6, 6.07) is 6.94. The molecule has 5 rings (SSSR count). The quantitative estimate of drug-likeness (QED) is 0.0258. The second-order valence-electron chi connectivity index (χ2n) is 23.0. The van der Waals surface area contributed by atoms with Gasteiger partial charge in [-0.15, -0.1) is 5.06 Å². The van der Waals surface area contributed by atoms with Crippen molar-refractivity contribution in [3.8, 4) is 0 Å². The Morgan fingerprint density at radius 3 is 1.84 bits per heavy atom. The summed E-state index contributed by atoms with van der Waals surface area (Å²) in [5, 5.41) is 4.99. The molecule has 2 unspecified atom stereocenters. The number of halogens is 2. The van der Waals surface area contributed by atoms with E-state index in [1.54, 1.807) is 49.5 Å². The number of aromatic nitrogens is 1. The van der Waals surface area contributed by atoms with Crippen LogP contribution in [0, 0.1) is 0 Å². The number of unbranched alkanes of at least 4 members (excludes halogenated alkanes) is 2. The van der Waals surface area contributed by atoms with Gasteiger partial charge in [0.05, 0.1) is 55.4 Å². The molecule has 2 aromatic rings. The molecule has 1 aromatic carbocycles. The Hall–Kier alpha value is -5.84. The number of rotatable bonds is 34. The van der Waals surface area contributed by atoms with Gasteiger partial charge in [0.2, 0.25) is 11.8 Å². The van der Waals surface area contributed by atoms with Crippen LogP contribution in [0.3, 0.4) is 0 Å². The van der Waals surface area contributed by atoms with Gasteiger partial charge in [0.1, 0.15) is 23.6 Å². The molecule has 4 amide bonds. The molecule has 3 aliphatic rings. The Morgan fingerprint density at radius 2 is 1.26 bits per heavy atom. The molecule has 1 saturated heterocycles. The van der Waals surface area contributed by atoms with E-state index in [-0.39, 0.29) is 44.2 Å². The first-order valence-electron chi connectivity index (χ1n) is 27.0. The smallest absolute Gasteiger partial charge is 0.394 e. The molecule has 4 heterocycles. The number of Topliss-reactive ketones (excluding diaryl/α,β-unsaturated/α-hetero) is 2. The van der Waals surface area contributed by atoms with Crippen molar-refractivity contribution in [3.05, 3.63) is 76.3 Å². The summed E-state index contributed by atoms with van der Waals surface area (Å²) in [4.78, 5) is 95.5. The van der Waals surface area contributed by atoms with E-state index in [0.29, 0.717) is 93.9 Å². The Labute approximate surface area is 467 Å². The number of nitrogens with zero attached hydrogens (tertiary/aromatic N) is 6. The number of carbonyl (C=O) groups is 7. The van der Waals surface area contributed by atoms with Gasteiger partial charge < -0.3 is 46.9 Å². The second kappa shape index (κ2) is 27.8. The zero-order chi connectivity index (χ0) is 59.4. The SMILES string of the molecule is CN(CCCCCC(=O)ON1C(=O)CCC1=O)CCCC(=O)C(CS(=O)(=O)O)NC(=O)CCC(=O)C(CS(=O)(=O)O)NC(=O)CCc1cc(CCC[N+](C)(C)C)c2n1[B-](F)(F)[N+]1=C(c3ccccc3)C=C(CCC[N+](C)(C)C)C1=C2. The van der Waals surface area contributed by atoms with Crippen molar-refractivity contribution in [2.45, 2.75) is 115 Å². The second-order valence-corrected chi connectivity index (χ2v) is 26.0. The van der Waals surface area contributed by atoms with E-state index >= 15 is 8.63 Å². The molecule has 0 radical (unpaired) electrons. The lowest BCUT2D eigenvalue weighted by Gasteiger charge is -2.32. The molecule has 1 aromatic heterocycles. The highest BCUT2D eigenvalue weighted by Gasteiger charge is 2.54. The third-order valence-corrected chi connectivity index (χ3v) is 15.4. The standard InChI is InChI=1S/C53H77BF2N8O14S2/c1-59(29-13-9-12-22-53(71)78-62-51(69)27-28-52(62)70)30-14-21-47(65)42(36-79(72,73)74)57-50(68)26-24-48(66)43(37-80(75,76)77)58-49(67)25-23-41-33-39(19-15-31-63(2,3)4)45-35-46-40(20-16-32-64(5,6)7)34-44(38-17-10-8-11-18-38)61(46)54(55,56)60(41)45/h8,10-11,17-18,33-35,42-43H,9,12-16,19-32,36-37H2,1-7H3,(H2-2,57,58,67,68,72,73,74,75,76,77)/p+2. The van der Waals surface area contributed by atoms with Gasteiger partial charge in [0, 0.05) is 86.8 Å². The number of imide groups is 1. The predicted octanol–water partition coefficient (Wildman–Crippen LogP) is 3.11. The van der Waals surface area contributed by atoms with Crippen LogP contribution in [-0.2, 0) is 71.5 Å². The van der Waals surface area contributed by atoms with Crippen molar-refractivity contribution in [3.63, 3.8) is 0 Å². The maximum Gasteiger partial charge on any atom is 0.737 e. The highest BCUT2D eigenvalue weighted by atomic mass is 32.2. The first-order valence-corrected chi connectivity index (χ1v) is 30.2. The number of nitrogens with one attached hydrogen (secondary N) is 2. The number of hydrogen-bond donors (Lipinski definition) is 4. The number of benzene rings is 1. The van der Waals surface area contributed by atoms with Gasteiger partial charge in [-0.3, -0.25) is 37.9 Å². The Kier molecular flexibility index (Phi) is 22.5. The van der Waals surface area contributed by atoms with Crippen molar-refractivity contribution in [2.75, 3.05) is 87.0 Å². The highest BCUT2D eigenvalue weighted by molar-refractivity contribution is 7.86. The normalized spacial score (nSPS) is 16.3. The van der Waals surface area contributed by atoms with Crippen LogP contribution in [0.5, 0.6) is 0 Å². The number of carbonyl (C=O) groups excluding carboxylic acids is 7. The Bertz CT molecular complexity index is 2950. The van der Waals surface area contributed by atoms with Crippen LogP contribution in [0.1, 0.15) is 112 Å². The van der Waals surface area contributed by atoms with E-state index in [2.05, 4.69) is 31.8 Å². The van der Waals surface area contributed by atoms with Gasteiger partial charge in [0.25, 0.3) is 32.1 Å². The maximum atomic E-state index is 17.6. The van der Waals surface area contributed by atoms with Gasteiger partial charge in [-0.25, -0.2) is 4.79 Å². The van der Waals surface area contributed by atoms with E-state index < -0.39 is 111 Å². The number of hydrogen-bond acceptors (Lipinski definition) is 13. The maximum absolute atomic E-state index is 17.6. The fraction of sp³-hybridized carbons (Fsp3) is 0.585. The minimum atomic E-state index is -4.94. The van der Waals surface area contributed by atoms with E-state index in [4.69, 9.17) is 4.84 Å². The molecule has 442 valence electrons. The fourth-order valence-electron chi connectivity index (χ4n) is 9.91. The topological polar surface area (TPSA) is 276 Å². The zero-order valence-electron chi connectivity index (χ0n) is 47.0. The summed E-state index contributed by atoms with van der Waals surface area (Å²) in [6.45, 7) is -2.12. The van der Waals surface area contributed by atoms with Crippen molar-refractivity contribution >= 4 is 80.2 Å². The third kappa shape index (κ3) is 20.0.